The summed E-state index contributed by atoms with van der Waals surface area (Å²) in [5, 5.41) is 4.05. The Bertz CT molecular complexity index is 539. The van der Waals surface area contributed by atoms with E-state index in [-0.39, 0.29) is 0 Å². The molecule has 100 valence electrons. The van der Waals surface area contributed by atoms with Crippen molar-refractivity contribution in [1.82, 2.24) is 10.2 Å². The van der Waals surface area contributed by atoms with Crippen LogP contribution < -0.4 is 5.32 Å². The van der Waals surface area contributed by atoms with Crippen molar-refractivity contribution in [3.05, 3.63) is 56.7 Å². The van der Waals surface area contributed by atoms with Gasteiger partial charge in [0.25, 0.3) is 0 Å². The third-order valence-corrected chi connectivity index (χ3v) is 4.72. The fraction of sp³-hybridized carbons (Fsp3) is 0.214. The molecule has 2 nitrogen and oxygen atoms in total. The average Bonchev–Trinajstić information content (AvgIpc) is 2.82. The summed E-state index contributed by atoms with van der Waals surface area (Å²) in [7, 11) is 2.01. The van der Waals surface area contributed by atoms with Gasteiger partial charge in [0.2, 0.25) is 0 Å². The standard InChI is InChI=1S/C14H15BrN2S2/c1-17(10-12-7-8-13(15)19-12)14(18)16-9-11-5-3-2-4-6-11/h2-8H,9-10H2,1H3,(H,16,18). The van der Waals surface area contributed by atoms with E-state index >= 15 is 0 Å². The lowest BCUT2D eigenvalue weighted by Crippen LogP contribution is -2.35. The van der Waals surface area contributed by atoms with Gasteiger partial charge in [-0.25, -0.2) is 0 Å². The van der Waals surface area contributed by atoms with Crippen molar-refractivity contribution >= 4 is 44.6 Å². The summed E-state index contributed by atoms with van der Waals surface area (Å²) >= 11 is 10.6. The van der Waals surface area contributed by atoms with E-state index in [2.05, 4.69) is 50.4 Å². The van der Waals surface area contributed by atoms with Crippen LogP contribution in [0.3, 0.4) is 0 Å². The van der Waals surface area contributed by atoms with Crippen molar-refractivity contribution in [2.45, 2.75) is 13.1 Å². The fourth-order valence-electron chi connectivity index (χ4n) is 1.65. The van der Waals surface area contributed by atoms with Crippen molar-refractivity contribution < 1.29 is 0 Å². The van der Waals surface area contributed by atoms with Crippen LogP contribution in [0.1, 0.15) is 10.4 Å². The first-order valence-corrected chi connectivity index (χ1v) is 7.94. The van der Waals surface area contributed by atoms with Gasteiger partial charge in [0, 0.05) is 18.5 Å². The molecule has 0 aliphatic rings. The zero-order valence-electron chi connectivity index (χ0n) is 10.6. The molecule has 0 amide bonds. The van der Waals surface area contributed by atoms with Crippen molar-refractivity contribution in [1.29, 1.82) is 0 Å². The van der Waals surface area contributed by atoms with Crippen LogP contribution in [-0.2, 0) is 13.1 Å². The minimum atomic E-state index is 0.762. The van der Waals surface area contributed by atoms with Gasteiger partial charge < -0.3 is 10.2 Å². The topological polar surface area (TPSA) is 15.3 Å². The Labute approximate surface area is 131 Å². The maximum Gasteiger partial charge on any atom is 0.169 e. The molecule has 5 heteroatoms. The minimum Gasteiger partial charge on any atom is -0.358 e. The van der Waals surface area contributed by atoms with E-state index < -0.39 is 0 Å². The van der Waals surface area contributed by atoms with Crippen LogP contribution >= 0.6 is 39.5 Å². The third kappa shape index (κ3) is 4.60. The normalized spacial score (nSPS) is 10.2. The van der Waals surface area contributed by atoms with Gasteiger partial charge in [-0.05, 0) is 45.8 Å². The number of hydrogen-bond donors (Lipinski definition) is 1. The lowest BCUT2D eigenvalue weighted by atomic mass is 10.2. The maximum absolute atomic E-state index is 5.39. The van der Waals surface area contributed by atoms with E-state index in [1.54, 1.807) is 11.3 Å². The van der Waals surface area contributed by atoms with Gasteiger partial charge in [-0.1, -0.05) is 30.3 Å². The molecule has 0 radical (unpaired) electrons. The Balaban J connectivity index is 1.82. The monoisotopic (exact) mass is 354 g/mol. The van der Waals surface area contributed by atoms with E-state index in [4.69, 9.17) is 12.2 Å². The smallest absolute Gasteiger partial charge is 0.169 e. The number of nitrogens with one attached hydrogen (secondary N) is 1. The molecule has 0 bridgehead atoms. The molecule has 0 aliphatic heterocycles. The molecule has 1 aromatic carbocycles. The largest absolute Gasteiger partial charge is 0.358 e. The second-order valence-corrected chi connectivity index (χ2v) is 7.14. The van der Waals surface area contributed by atoms with Gasteiger partial charge in [0.1, 0.15) is 0 Å². The fourth-order valence-corrected chi connectivity index (χ4v) is 3.32. The van der Waals surface area contributed by atoms with Crippen LogP contribution in [0, 0.1) is 0 Å². The van der Waals surface area contributed by atoms with Gasteiger partial charge in [0.05, 0.1) is 10.3 Å². The molecule has 0 spiro atoms. The van der Waals surface area contributed by atoms with Gasteiger partial charge in [-0.15, -0.1) is 11.3 Å². The van der Waals surface area contributed by atoms with Crippen molar-refractivity contribution in [2.24, 2.45) is 0 Å². The zero-order chi connectivity index (χ0) is 13.7. The predicted molar refractivity (Wildman–Crippen MR) is 89.4 cm³/mol. The van der Waals surface area contributed by atoms with Gasteiger partial charge in [-0.2, -0.15) is 0 Å². The summed E-state index contributed by atoms with van der Waals surface area (Å²) in [6.07, 6.45) is 0. The van der Waals surface area contributed by atoms with Gasteiger partial charge in [0.15, 0.2) is 5.11 Å². The quantitative estimate of drug-likeness (QED) is 0.834. The number of halogens is 1. The third-order valence-electron chi connectivity index (χ3n) is 2.66. The second kappa shape index (κ2) is 7.03. The summed E-state index contributed by atoms with van der Waals surface area (Å²) in [6.45, 7) is 1.59. The number of nitrogens with zero attached hydrogens (tertiary/aromatic N) is 1. The summed E-state index contributed by atoms with van der Waals surface area (Å²) in [6, 6.07) is 14.4. The van der Waals surface area contributed by atoms with Crippen LogP contribution in [0.2, 0.25) is 0 Å². The molecule has 0 saturated carbocycles. The lowest BCUT2D eigenvalue weighted by Gasteiger charge is -2.20. The molecule has 0 unspecified atom stereocenters. The summed E-state index contributed by atoms with van der Waals surface area (Å²) in [5.74, 6) is 0. The first-order valence-electron chi connectivity index (χ1n) is 5.92. The molecule has 2 rings (SSSR count). The molecule has 2 aromatic rings. The molecule has 1 heterocycles. The number of thiocarbonyl (C=S) groups is 1. The van der Waals surface area contributed by atoms with Crippen LogP contribution in [-0.4, -0.2) is 17.1 Å². The Hall–Kier alpha value is -0.910. The molecule has 1 N–H and O–H groups in total. The van der Waals surface area contributed by atoms with Crippen molar-refractivity contribution in [3.8, 4) is 0 Å². The highest BCUT2D eigenvalue weighted by Gasteiger charge is 2.06. The Kier molecular flexibility index (Phi) is 5.36. The first-order chi connectivity index (χ1) is 9.15. The van der Waals surface area contributed by atoms with E-state index in [1.807, 2.05) is 25.2 Å². The molecule has 19 heavy (non-hydrogen) atoms. The summed E-state index contributed by atoms with van der Waals surface area (Å²) < 4.78 is 1.15. The minimum absolute atomic E-state index is 0.762. The summed E-state index contributed by atoms with van der Waals surface area (Å²) in [5.41, 5.74) is 1.23. The van der Waals surface area contributed by atoms with Gasteiger partial charge >= 0.3 is 0 Å². The molecular weight excluding hydrogens is 340 g/mol. The highest BCUT2D eigenvalue weighted by molar-refractivity contribution is 9.11. The molecular formula is C14H15BrN2S2. The van der Waals surface area contributed by atoms with Crippen LogP contribution in [0.15, 0.2) is 46.3 Å². The summed E-state index contributed by atoms with van der Waals surface area (Å²) in [4.78, 5) is 3.34. The van der Waals surface area contributed by atoms with E-state index in [0.717, 1.165) is 22.0 Å². The maximum atomic E-state index is 5.39. The Morgan fingerprint density at radius 2 is 2.00 bits per heavy atom. The predicted octanol–water partition coefficient (Wildman–Crippen LogP) is 4.02. The van der Waals surface area contributed by atoms with E-state index in [9.17, 15) is 0 Å². The average molecular weight is 355 g/mol. The van der Waals surface area contributed by atoms with Gasteiger partial charge in [-0.3, -0.25) is 0 Å². The van der Waals surface area contributed by atoms with E-state index in [1.165, 1.54) is 10.4 Å². The number of hydrogen-bond acceptors (Lipinski definition) is 2. The highest BCUT2D eigenvalue weighted by Crippen LogP contribution is 2.22. The number of rotatable bonds is 4. The van der Waals surface area contributed by atoms with E-state index in [0.29, 0.717) is 0 Å². The number of thiophene rings is 1. The second-order valence-electron chi connectivity index (χ2n) is 4.21. The SMILES string of the molecule is CN(Cc1ccc(Br)s1)C(=S)NCc1ccccc1. The Morgan fingerprint density at radius 3 is 2.63 bits per heavy atom. The van der Waals surface area contributed by atoms with Crippen molar-refractivity contribution in [3.63, 3.8) is 0 Å². The number of benzene rings is 1. The zero-order valence-corrected chi connectivity index (χ0v) is 13.8. The molecule has 0 atom stereocenters. The molecule has 1 aromatic heterocycles. The first kappa shape index (κ1) is 14.5. The van der Waals surface area contributed by atoms with Crippen LogP contribution in [0.4, 0.5) is 0 Å². The highest BCUT2D eigenvalue weighted by atomic mass is 79.9. The van der Waals surface area contributed by atoms with Crippen LogP contribution in [0.25, 0.3) is 0 Å². The van der Waals surface area contributed by atoms with Crippen molar-refractivity contribution in [2.75, 3.05) is 7.05 Å². The Morgan fingerprint density at radius 1 is 1.26 bits per heavy atom. The molecule has 0 saturated heterocycles. The molecule has 0 fully saturated rings. The molecule has 0 aliphatic carbocycles. The van der Waals surface area contributed by atoms with Crippen LogP contribution in [0.5, 0.6) is 0 Å². The lowest BCUT2D eigenvalue weighted by molar-refractivity contribution is 0.493.